The molecular formula is C19H21FN4O2. The third-order valence-corrected chi connectivity index (χ3v) is 4.66. The molecule has 1 saturated carbocycles. The molecule has 1 fully saturated rings. The van der Waals surface area contributed by atoms with Crippen molar-refractivity contribution in [3.05, 3.63) is 47.6 Å². The number of nitrogens with zero attached hydrogens (tertiary/aromatic N) is 3. The number of nitrogens with one attached hydrogen (secondary N) is 1. The van der Waals surface area contributed by atoms with Crippen LogP contribution in [0.15, 0.2) is 46.7 Å². The number of aromatic nitrogens is 2. The second-order valence-electron chi connectivity index (χ2n) is 6.46. The van der Waals surface area contributed by atoms with Gasteiger partial charge in [0.2, 0.25) is 0 Å². The molecule has 6 nitrogen and oxygen atoms in total. The number of allylic oxidation sites excluding steroid dienone is 1. The maximum absolute atomic E-state index is 13.8. The van der Waals surface area contributed by atoms with Gasteiger partial charge in [-0.05, 0) is 56.7 Å². The summed E-state index contributed by atoms with van der Waals surface area (Å²) in [7, 11) is 0. The molecule has 2 N–H and O–H groups in total. The van der Waals surface area contributed by atoms with Crippen LogP contribution in [0.4, 0.5) is 10.2 Å². The molecule has 0 atom stereocenters. The van der Waals surface area contributed by atoms with E-state index in [1.54, 1.807) is 13.0 Å². The Morgan fingerprint density at radius 2 is 2.31 bits per heavy atom. The molecule has 26 heavy (non-hydrogen) atoms. The van der Waals surface area contributed by atoms with Crippen LogP contribution in [0.25, 0.3) is 10.9 Å². The maximum atomic E-state index is 13.8. The molecule has 0 unspecified atom stereocenters. The molecule has 1 heterocycles. The number of hydrogen-bond acceptors (Lipinski definition) is 4. The van der Waals surface area contributed by atoms with Crippen LogP contribution in [0.1, 0.15) is 26.2 Å². The molecule has 136 valence electrons. The summed E-state index contributed by atoms with van der Waals surface area (Å²) in [5.74, 6) is -0.433. The van der Waals surface area contributed by atoms with Gasteiger partial charge in [0.25, 0.3) is 0 Å². The summed E-state index contributed by atoms with van der Waals surface area (Å²) in [6.07, 6.45) is 6.24. The number of hydrogen-bond donors (Lipinski definition) is 2. The Morgan fingerprint density at radius 3 is 2.92 bits per heavy atom. The minimum absolute atomic E-state index is 0.0375. The Morgan fingerprint density at radius 1 is 1.54 bits per heavy atom. The molecule has 1 aromatic carbocycles. The van der Waals surface area contributed by atoms with Crippen molar-refractivity contribution in [1.82, 2.24) is 9.78 Å². The molecule has 0 saturated heterocycles. The number of carbonyl (C=O) groups is 1. The van der Waals surface area contributed by atoms with E-state index in [0.29, 0.717) is 22.8 Å². The number of benzene rings is 1. The van der Waals surface area contributed by atoms with E-state index in [4.69, 9.17) is 0 Å². The smallest absolute Gasteiger partial charge is 0.337 e. The Bertz CT molecular complexity index is 910. The van der Waals surface area contributed by atoms with E-state index in [1.165, 1.54) is 43.7 Å². The number of aliphatic carboxylic acids is 1. The lowest BCUT2D eigenvalue weighted by Crippen LogP contribution is -2.18. The molecule has 1 aliphatic rings. The number of anilines is 1. The minimum atomic E-state index is -1.10. The highest BCUT2D eigenvalue weighted by Crippen LogP contribution is 2.31. The monoisotopic (exact) mass is 356 g/mol. The van der Waals surface area contributed by atoms with Crippen molar-refractivity contribution in [2.75, 3.05) is 5.32 Å². The summed E-state index contributed by atoms with van der Waals surface area (Å²) >= 11 is 0. The summed E-state index contributed by atoms with van der Waals surface area (Å²) in [4.78, 5) is 15.0. The highest BCUT2D eigenvalue weighted by atomic mass is 19.1. The Labute approximate surface area is 150 Å². The average Bonchev–Trinajstić information content (AvgIpc) is 2.88. The van der Waals surface area contributed by atoms with Gasteiger partial charge in [-0.3, -0.25) is 9.67 Å². The van der Waals surface area contributed by atoms with Crippen LogP contribution in [0.3, 0.4) is 0 Å². The van der Waals surface area contributed by atoms with Crippen molar-refractivity contribution in [2.24, 2.45) is 10.9 Å². The van der Waals surface area contributed by atoms with Crippen LogP contribution < -0.4 is 5.32 Å². The molecule has 3 rings (SSSR count). The van der Waals surface area contributed by atoms with E-state index in [9.17, 15) is 14.3 Å². The van der Waals surface area contributed by atoms with Crippen LogP contribution >= 0.6 is 0 Å². The van der Waals surface area contributed by atoms with Crippen molar-refractivity contribution in [2.45, 2.75) is 32.7 Å². The number of rotatable bonds is 7. The van der Waals surface area contributed by atoms with E-state index in [0.717, 1.165) is 12.1 Å². The van der Waals surface area contributed by atoms with Crippen LogP contribution in [-0.2, 0) is 11.3 Å². The van der Waals surface area contributed by atoms with E-state index < -0.39 is 5.97 Å². The Balaban J connectivity index is 2.00. The largest absolute Gasteiger partial charge is 0.478 e. The number of fused-ring (bicyclic) bond motifs is 1. The molecule has 7 heteroatoms. The molecule has 1 aromatic heterocycles. The van der Waals surface area contributed by atoms with Gasteiger partial charge in [-0.1, -0.05) is 6.42 Å². The second-order valence-corrected chi connectivity index (χ2v) is 6.46. The SMILES string of the molecule is C=N/C=C\C(C(=O)O)=C(/C)Nc1nn(CC2CCC2)c2ccc(F)cc12. The zero-order valence-corrected chi connectivity index (χ0v) is 14.6. The maximum Gasteiger partial charge on any atom is 0.337 e. The van der Waals surface area contributed by atoms with Gasteiger partial charge in [-0.2, -0.15) is 5.10 Å². The summed E-state index contributed by atoms with van der Waals surface area (Å²) in [6, 6.07) is 4.53. The fourth-order valence-corrected chi connectivity index (χ4v) is 3.03. The first-order chi connectivity index (χ1) is 12.5. The molecule has 2 aromatic rings. The number of aliphatic imine (C=N–C) groups is 1. The third kappa shape index (κ3) is 3.66. The molecule has 0 radical (unpaired) electrons. The summed E-state index contributed by atoms with van der Waals surface area (Å²) < 4.78 is 15.6. The van der Waals surface area contributed by atoms with Crippen molar-refractivity contribution >= 4 is 29.4 Å². The summed E-state index contributed by atoms with van der Waals surface area (Å²) in [5, 5.41) is 17.6. The summed E-state index contributed by atoms with van der Waals surface area (Å²) in [5.41, 5.74) is 1.25. The van der Waals surface area contributed by atoms with Crippen LogP contribution in [0, 0.1) is 11.7 Å². The molecule has 0 bridgehead atoms. The van der Waals surface area contributed by atoms with Crippen LogP contribution in [-0.4, -0.2) is 27.6 Å². The highest BCUT2D eigenvalue weighted by molar-refractivity contribution is 5.94. The van der Waals surface area contributed by atoms with Crippen LogP contribution in [0.2, 0.25) is 0 Å². The van der Waals surface area contributed by atoms with Gasteiger partial charge in [0.05, 0.1) is 11.1 Å². The normalized spacial score (nSPS) is 15.8. The van der Waals surface area contributed by atoms with Crippen molar-refractivity contribution < 1.29 is 14.3 Å². The molecular weight excluding hydrogens is 335 g/mol. The quantitative estimate of drug-likeness (QED) is 0.447. The number of halogens is 1. The van der Waals surface area contributed by atoms with Gasteiger partial charge < -0.3 is 10.4 Å². The first kappa shape index (κ1) is 17.8. The molecule has 0 spiro atoms. The average molecular weight is 356 g/mol. The Hall–Kier alpha value is -2.96. The van der Waals surface area contributed by atoms with Gasteiger partial charge in [-0.15, -0.1) is 0 Å². The second kappa shape index (κ2) is 7.51. The zero-order chi connectivity index (χ0) is 18.7. The van der Waals surface area contributed by atoms with Gasteiger partial charge in [0.1, 0.15) is 5.82 Å². The fraction of sp³-hybridized carbons (Fsp3) is 0.316. The topological polar surface area (TPSA) is 79.5 Å². The Kier molecular flexibility index (Phi) is 5.16. The lowest BCUT2D eigenvalue weighted by atomic mass is 9.85. The van der Waals surface area contributed by atoms with Gasteiger partial charge in [-0.25, -0.2) is 9.18 Å². The van der Waals surface area contributed by atoms with E-state index >= 15 is 0 Å². The van der Waals surface area contributed by atoms with Crippen LogP contribution in [0.5, 0.6) is 0 Å². The lowest BCUT2D eigenvalue weighted by Gasteiger charge is -2.25. The standard InChI is InChI=1S/C19H21FN4O2/c1-12(15(19(25)26)8-9-21-2)22-18-16-10-14(20)6-7-17(16)24(23-18)11-13-4-3-5-13/h6-10,13H,2-5,11H2,1H3,(H,22,23)(H,25,26)/b9-8-,15-12-. The van der Waals surface area contributed by atoms with Crippen molar-refractivity contribution in [1.29, 1.82) is 0 Å². The number of carboxylic acid groups (broad SMARTS) is 1. The third-order valence-electron chi connectivity index (χ3n) is 4.66. The van der Waals surface area contributed by atoms with Crippen molar-refractivity contribution in [3.63, 3.8) is 0 Å². The van der Waals surface area contributed by atoms with E-state index in [1.807, 2.05) is 4.68 Å². The first-order valence-corrected chi connectivity index (χ1v) is 8.49. The van der Waals surface area contributed by atoms with Gasteiger partial charge in [0, 0.05) is 23.8 Å². The predicted molar refractivity (Wildman–Crippen MR) is 99.7 cm³/mol. The summed E-state index contributed by atoms with van der Waals surface area (Å²) in [6.45, 7) is 5.71. The number of carboxylic acids is 1. The van der Waals surface area contributed by atoms with Crippen molar-refractivity contribution in [3.8, 4) is 0 Å². The molecule has 0 amide bonds. The van der Waals surface area contributed by atoms with E-state index in [2.05, 4.69) is 22.1 Å². The first-order valence-electron chi connectivity index (χ1n) is 8.49. The highest BCUT2D eigenvalue weighted by Gasteiger charge is 2.21. The molecule has 1 aliphatic carbocycles. The van der Waals surface area contributed by atoms with E-state index in [-0.39, 0.29) is 11.4 Å². The zero-order valence-electron chi connectivity index (χ0n) is 14.6. The predicted octanol–water partition coefficient (Wildman–Crippen LogP) is 3.96. The van der Waals surface area contributed by atoms with Gasteiger partial charge in [0.15, 0.2) is 5.82 Å². The fourth-order valence-electron chi connectivity index (χ4n) is 3.03. The minimum Gasteiger partial charge on any atom is -0.478 e. The lowest BCUT2D eigenvalue weighted by molar-refractivity contribution is -0.132. The van der Waals surface area contributed by atoms with Gasteiger partial charge >= 0.3 is 5.97 Å². The molecule has 0 aliphatic heterocycles.